The van der Waals surface area contributed by atoms with Gasteiger partial charge >= 0.3 is 5.97 Å². The van der Waals surface area contributed by atoms with Gasteiger partial charge in [-0.1, -0.05) is 0 Å². The van der Waals surface area contributed by atoms with Crippen molar-refractivity contribution in [2.24, 2.45) is 5.73 Å². The van der Waals surface area contributed by atoms with Crippen LogP contribution < -0.4 is 5.73 Å². The van der Waals surface area contributed by atoms with Crippen LogP contribution in [0.25, 0.3) is 0 Å². The number of amides is 1. The zero-order valence-electron chi connectivity index (χ0n) is 9.55. The number of aliphatic carboxylic acids is 1. The van der Waals surface area contributed by atoms with E-state index in [0.717, 1.165) is 4.91 Å². The summed E-state index contributed by atoms with van der Waals surface area (Å²) in [5.74, 6) is -1.12. The molecule has 1 fully saturated rings. The van der Waals surface area contributed by atoms with E-state index >= 15 is 0 Å². The van der Waals surface area contributed by atoms with Crippen molar-refractivity contribution in [1.82, 2.24) is 9.80 Å². The molecule has 3 N–H and O–H groups in total. The fourth-order valence-corrected chi connectivity index (χ4v) is 3.46. The number of hydrogen-bond donors (Lipinski definition) is 2. The molecular formula is C10H15N3O3S. The van der Waals surface area contributed by atoms with Crippen molar-refractivity contribution in [3.63, 3.8) is 0 Å². The second kappa shape index (κ2) is 4.67. The molecule has 0 aromatic heterocycles. The predicted octanol–water partition coefficient (Wildman–Crippen LogP) is -0.522. The van der Waals surface area contributed by atoms with Crippen molar-refractivity contribution in [2.75, 3.05) is 26.7 Å². The number of nitrogens with two attached hydrogens (primary N) is 1. The third-order valence-electron chi connectivity index (χ3n) is 2.82. The first kappa shape index (κ1) is 12.4. The van der Waals surface area contributed by atoms with Gasteiger partial charge in [0.2, 0.25) is 5.91 Å². The summed E-state index contributed by atoms with van der Waals surface area (Å²) in [6.07, 6.45) is 0.436. The number of carboxylic acids is 1. The van der Waals surface area contributed by atoms with E-state index in [0.29, 0.717) is 26.1 Å². The highest BCUT2D eigenvalue weighted by Gasteiger charge is 2.48. The molecule has 94 valence electrons. The van der Waals surface area contributed by atoms with Crippen molar-refractivity contribution in [3.05, 3.63) is 10.6 Å². The maximum Gasteiger partial charge on any atom is 0.353 e. The van der Waals surface area contributed by atoms with Crippen LogP contribution in [0.15, 0.2) is 10.6 Å². The molecule has 1 saturated heterocycles. The molecule has 2 heterocycles. The van der Waals surface area contributed by atoms with Crippen molar-refractivity contribution in [1.29, 1.82) is 0 Å². The van der Waals surface area contributed by atoms with Crippen LogP contribution in [0, 0.1) is 0 Å². The first-order chi connectivity index (χ1) is 8.04. The third kappa shape index (κ3) is 2.18. The second-order valence-electron chi connectivity index (χ2n) is 4.14. The van der Waals surface area contributed by atoms with E-state index in [-0.39, 0.29) is 17.0 Å². The maximum atomic E-state index is 11.4. The van der Waals surface area contributed by atoms with E-state index in [1.54, 1.807) is 0 Å². The largest absolute Gasteiger partial charge is 0.477 e. The topological polar surface area (TPSA) is 86.9 Å². The Morgan fingerprint density at radius 2 is 2.41 bits per heavy atom. The Bertz CT molecular complexity index is 396. The summed E-state index contributed by atoms with van der Waals surface area (Å²) in [7, 11) is 1.89. The quantitative estimate of drug-likeness (QED) is 0.644. The van der Waals surface area contributed by atoms with Gasteiger partial charge in [-0.2, -0.15) is 0 Å². The van der Waals surface area contributed by atoms with Gasteiger partial charge in [0, 0.05) is 24.5 Å². The highest BCUT2D eigenvalue weighted by Crippen LogP contribution is 2.46. The smallest absolute Gasteiger partial charge is 0.353 e. The van der Waals surface area contributed by atoms with Gasteiger partial charge in [-0.15, -0.1) is 11.8 Å². The van der Waals surface area contributed by atoms with Gasteiger partial charge in [0.1, 0.15) is 5.70 Å². The number of fused-ring (bicyclic) bond motifs is 1. The Hall–Kier alpha value is -1.05. The molecule has 17 heavy (non-hydrogen) atoms. The Morgan fingerprint density at radius 1 is 1.71 bits per heavy atom. The lowest BCUT2D eigenvalue weighted by Gasteiger charge is -2.33. The van der Waals surface area contributed by atoms with E-state index < -0.39 is 5.97 Å². The molecule has 0 aliphatic carbocycles. The number of nitrogens with zero attached hydrogens (tertiary/aromatic N) is 2. The molecule has 0 aromatic rings. The normalized spacial score (nSPS) is 23.1. The third-order valence-corrected chi connectivity index (χ3v) is 4.07. The maximum absolute atomic E-state index is 11.4. The van der Waals surface area contributed by atoms with Crippen molar-refractivity contribution >= 4 is 23.6 Å². The van der Waals surface area contributed by atoms with Gasteiger partial charge in [0.05, 0.1) is 11.8 Å². The van der Waals surface area contributed by atoms with E-state index in [1.807, 2.05) is 11.9 Å². The van der Waals surface area contributed by atoms with E-state index in [4.69, 9.17) is 10.8 Å². The van der Waals surface area contributed by atoms with Gasteiger partial charge in [-0.05, 0) is 7.05 Å². The average molecular weight is 257 g/mol. The summed E-state index contributed by atoms with van der Waals surface area (Å²) in [6, 6.07) is 0. The number of thioether (sulfide) groups is 1. The molecule has 0 radical (unpaired) electrons. The van der Waals surface area contributed by atoms with Crippen LogP contribution in [0.5, 0.6) is 0 Å². The minimum absolute atomic E-state index is 0.00474. The molecular weight excluding hydrogens is 242 g/mol. The summed E-state index contributed by atoms with van der Waals surface area (Å²) < 4.78 is 0. The SMILES string of the molecule is CN(CCN)CC1=C(C(=O)O)N2C(=O)C[C@@H]2S1. The Balaban J connectivity index is 2.14. The molecule has 0 unspecified atom stereocenters. The monoisotopic (exact) mass is 257 g/mol. The zero-order valence-corrected chi connectivity index (χ0v) is 10.4. The Kier molecular flexibility index (Phi) is 3.41. The molecule has 6 nitrogen and oxygen atoms in total. The molecule has 1 amide bonds. The lowest BCUT2D eigenvalue weighted by Crippen LogP contribution is -2.48. The standard InChI is InChI=1S/C10H15N3O3S/c1-12(3-2-11)5-6-9(10(15)16)13-7(14)4-8(13)17-6/h8H,2-5,11H2,1H3,(H,15,16)/t8-/m0/s1. The number of β-lactam (4-membered cyclic amide) rings is 1. The van der Waals surface area contributed by atoms with Crippen LogP contribution in [0.2, 0.25) is 0 Å². The number of carboxylic acid groups (broad SMARTS) is 1. The summed E-state index contributed by atoms with van der Waals surface area (Å²) in [4.78, 5) is 26.6. The van der Waals surface area contributed by atoms with Gasteiger partial charge in [0.25, 0.3) is 0 Å². The lowest BCUT2D eigenvalue weighted by molar-refractivity contribution is -0.145. The molecule has 2 aliphatic rings. The highest BCUT2D eigenvalue weighted by molar-refractivity contribution is 8.04. The van der Waals surface area contributed by atoms with Gasteiger partial charge < -0.3 is 15.7 Å². The van der Waals surface area contributed by atoms with Gasteiger partial charge in [-0.3, -0.25) is 9.69 Å². The summed E-state index contributed by atoms with van der Waals surface area (Å²) in [5.41, 5.74) is 5.59. The fourth-order valence-electron chi connectivity index (χ4n) is 1.98. The van der Waals surface area contributed by atoms with Gasteiger partial charge in [-0.25, -0.2) is 4.79 Å². The summed E-state index contributed by atoms with van der Waals surface area (Å²) >= 11 is 1.48. The van der Waals surface area contributed by atoms with Crippen molar-refractivity contribution in [3.8, 4) is 0 Å². The second-order valence-corrected chi connectivity index (χ2v) is 5.42. The van der Waals surface area contributed by atoms with Crippen LogP contribution in [0.4, 0.5) is 0 Å². The van der Waals surface area contributed by atoms with Gasteiger partial charge in [0.15, 0.2) is 0 Å². The highest BCUT2D eigenvalue weighted by atomic mass is 32.2. The lowest BCUT2D eigenvalue weighted by atomic mass is 10.1. The number of carbonyl (C=O) groups is 2. The molecule has 2 rings (SSSR count). The molecule has 0 bridgehead atoms. The minimum atomic E-state index is -1.02. The molecule has 2 aliphatic heterocycles. The van der Waals surface area contributed by atoms with Crippen LogP contribution in [0.3, 0.4) is 0 Å². The van der Waals surface area contributed by atoms with Crippen LogP contribution in [-0.2, 0) is 9.59 Å². The van der Waals surface area contributed by atoms with Crippen molar-refractivity contribution in [2.45, 2.75) is 11.8 Å². The fraction of sp³-hybridized carbons (Fsp3) is 0.600. The Morgan fingerprint density at radius 3 is 2.94 bits per heavy atom. The summed E-state index contributed by atoms with van der Waals surface area (Å²) in [6.45, 7) is 1.77. The van der Waals surface area contributed by atoms with Crippen molar-refractivity contribution < 1.29 is 14.7 Å². The predicted molar refractivity (Wildman–Crippen MR) is 64.1 cm³/mol. The van der Waals surface area contributed by atoms with Crippen LogP contribution in [0.1, 0.15) is 6.42 Å². The van der Waals surface area contributed by atoms with Crippen LogP contribution >= 0.6 is 11.8 Å². The number of likely N-dealkylation sites (N-methyl/N-ethyl adjacent to an activating group) is 1. The van der Waals surface area contributed by atoms with E-state index in [1.165, 1.54) is 16.7 Å². The molecule has 0 saturated carbocycles. The number of carbonyl (C=O) groups excluding carboxylic acids is 1. The minimum Gasteiger partial charge on any atom is -0.477 e. The van der Waals surface area contributed by atoms with Crippen LogP contribution in [-0.4, -0.2) is 58.8 Å². The van der Waals surface area contributed by atoms with E-state index in [9.17, 15) is 9.59 Å². The number of hydrogen-bond acceptors (Lipinski definition) is 5. The first-order valence-corrected chi connectivity index (χ1v) is 6.26. The Labute approximate surface area is 103 Å². The molecule has 0 spiro atoms. The van der Waals surface area contributed by atoms with E-state index in [2.05, 4.69) is 0 Å². The number of rotatable bonds is 5. The average Bonchev–Trinajstić information content (AvgIpc) is 2.51. The molecule has 7 heteroatoms. The summed E-state index contributed by atoms with van der Waals surface area (Å²) in [5, 5.41) is 9.15. The zero-order chi connectivity index (χ0) is 12.6. The molecule has 1 atom stereocenters. The molecule has 0 aromatic carbocycles. The first-order valence-electron chi connectivity index (χ1n) is 5.38.